The molecule has 1 aromatic rings. The van der Waals surface area contributed by atoms with Crippen LogP contribution in [0.25, 0.3) is 0 Å². The van der Waals surface area contributed by atoms with Crippen LogP contribution in [0.1, 0.15) is 25.8 Å². The second-order valence-corrected chi connectivity index (χ2v) is 6.98. The zero-order valence-electron chi connectivity index (χ0n) is 12.6. The summed E-state index contributed by atoms with van der Waals surface area (Å²) in [6, 6.07) is 6.12. The van der Waals surface area contributed by atoms with Crippen LogP contribution in [0.3, 0.4) is 0 Å². The molecule has 1 aliphatic heterocycles. The molecule has 1 fully saturated rings. The number of nitrogens with zero attached hydrogens (tertiary/aromatic N) is 1. The second kappa shape index (κ2) is 6.38. The van der Waals surface area contributed by atoms with E-state index in [2.05, 4.69) is 0 Å². The fourth-order valence-corrected chi connectivity index (χ4v) is 2.63. The van der Waals surface area contributed by atoms with Crippen LogP contribution in [0.4, 0.5) is 23.7 Å². The van der Waals surface area contributed by atoms with Gasteiger partial charge < -0.3 is 9.64 Å². The van der Waals surface area contributed by atoms with Crippen molar-refractivity contribution in [3.63, 3.8) is 0 Å². The van der Waals surface area contributed by atoms with E-state index in [4.69, 9.17) is 4.74 Å². The molecule has 9 heteroatoms. The number of alkyl halides is 3. The maximum absolute atomic E-state index is 12.4. The van der Waals surface area contributed by atoms with Crippen LogP contribution in [-0.4, -0.2) is 32.9 Å². The van der Waals surface area contributed by atoms with Gasteiger partial charge in [0.15, 0.2) is 0 Å². The lowest BCUT2D eigenvalue weighted by atomic mass is 10.0. The van der Waals surface area contributed by atoms with Gasteiger partial charge in [0.1, 0.15) is 5.60 Å². The highest BCUT2D eigenvalue weighted by Crippen LogP contribution is 2.27. The van der Waals surface area contributed by atoms with E-state index in [0.717, 1.165) is 0 Å². The van der Waals surface area contributed by atoms with Crippen molar-refractivity contribution in [2.45, 2.75) is 37.9 Å². The van der Waals surface area contributed by atoms with E-state index in [9.17, 15) is 22.2 Å². The molecule has 1 aromatic carbocycles. The van der Waals surface area contributed by atoms with Gasteiger partial charge in [0, 0.05) is 13.0 Å². The summed E-state index contributed by atoms with van der Waals surface area (Å²) >= 11 is 0. The van der Waals surface area contributed by atoms with E-state index >= 15 is 0 Å². The third-order valence-electron chi connectivity index (χ3n) is 3.40. The average Bonchev–Trinajstić information content (AvgIpc) is 2.42. The molecule has 0 aromatic heterocycles. The van der Waals surface area contributed by atoms with Crippen molar-refractivity contribution in [1.29, 1.82) is 0 Å². The summed E-state index contributed by atoms with van der Waals surface area (Å²) < 4.78 is 55.7. The number of hydrogen-bond donors (Lipinski definition) is 1. The number of rotatable bonds is 4. The number of ether oxygens (including phenoxy) is 1. The smallest absolute Gasteiger partial charge is 0.443 e. The first-order valence-corrected chi connectivity index (χ1v) is 8.04. The fourth-order valence-electron chi connectivity index (χ4n) is 2.11. The van der Waals surface area contributed by atoms with Crippen LogP contribution < -0.4 is 4.72 Å². The Bertz CT molecular complexity index is 620. The predicted molar refractivity (Wildman–Crippen MR) is 79.8 cm³/mol. The molecule has 5 nitrogen and oxygen atoms in total. The van der Waals surface area contributed by atoms with Gasteiger partial charge in [-0.25, -0.2) is 9.00 Å². The molecule has 1 amide bonds. The minimum absolute atomic E-state index is 0.0702. The number of halogens is 3. The van der Waals surface area contributed by atoms with Crippen LogP contribution in [0.2, 0.25) is 0 Å². The Hall–Kier alpha value is -1.77. The highest BCUT2D eigenvalue weighted by atomic mass is 32.2. The first-order valence-electron chi connectivity index (χ1n) is 6.89. The third kappa shape index (κ3) is 4.60. The van der Waals surface area contributed by atoms with Crippen molar-refractivity contribution >= 4 is 22.8 Å². The molecule has 23 heavy (non-hydrogen) atoms. The average molecular weight is 350 g/mol. The third-order valence-corrected chi connectivity index (χ3v) is 4.22. The van der Waals surface area contributed by atoms with Gasteiger partial charge in [-0.2, -0.15) is 13.2 Å². The molecule has 2 rings (SSSR count). The quantitative estimate of drug-likeness (QED) is 0.905. The molecule has 1 N–H and O–H groups in total. The summed E-state index contributed by atoms with van der Waals surface area (Å²) in [5, 5.41) is 0. The van der Waals surface area contributed by atoms with Gasteiger partial charge in [-0.1, -0.05) is 18.2 Å². The van der Waals surface area contributed by atoms with E-state index in [1.165, 1.54) is 17.0 Å². The number of cyclic esters (lactones) is 1. The topological polar surface area (TPSA) is 58.6 Å². The lowest BCUT2D eigenvalue weighted by molar-refractivity contribution is -0.0380. The number of para-hydroxylation sites is 1. The summed E-state index contributed by atoms with van der Waals surface area (Å²) in [6.07, 6.45) is 0.0935. The molecule has 1 heterocycles. The van der Waals surface area contributed by atoms with E-state index in [0.29, 0.717) is 18.5 Å². The maximum atomic E-state index is 12.4. The number of benzene rings is 1. The maximum Gasteiger partial charge on any atom is 0.490 e. The molecule has 1 aliphatic rings. The zero-order valence-corrected chi connectivity index (χ0v) is 13.5. The predicted octanol–water partition coefficient (Wildman–Crippen LogP) is 3.40. The molecule has 128 valence electrons. The van der Waals surface area contributed by atoms with Crippen LogP contribution >= 0.6 is 0 Å². The van der Waals surface area contributed by atoms with Crippen LogP contribution in [-0.2, 0) is 22.3 Å². The largest absolute Gasteiger partial charge is 0.490 e. The van der Waals surface area contributed by atoms with Crippen molar-refractivity contribution in [3.05, 3.63) is 29.8 Å². The normalized spacial score (nSPS) is 19.2. The molecule has 0 aliphatic carbocycles. The van der Waals surface area contributed by atoms with Crippen LogP contribution in [0.15, 0.2) is 24.3 Å². The Kier molecular flexibility index (Phi) is 4.88. The van der Waals surface area contributed by atoms with Gasteiger partial charge in [-0.05, 0) is 25.5 Å². The SMILES string of the molecule is CC1(C)CCN(Cc2ccccc2NS(=O)C(F)(F)F)C(=O)O1. The Balaban J connectivity index is 2.12. The van der Waals surface area contributed by atoms with Crippen molar-refractivity contribution < 1.29 is 26.9 Å². The summed E-state index contributed by atoms with van der Waals surface area (Å²) in [7, 11) is -3.21. The summed E-state index contributed by atoms with van der Waals surface area (Å²) in [5.74, 6) is 0. The standard InChI is InChI=1S/C14H17F3N2O3S/c1-13(2)7-8-19(12(20)22-13)9-10-5-3-4-6-11(10)18-23(21)14(15,16)17/h3-6,18H,7-9H2,1-2H3. The molecular formula is C14H17F3N2O3S. The van der Waals surface area contributed by atoms with E-state index in [1.807, 2.05) is 4.72 Å². The summed E-state index contributed by atoms with van der Waals surface area (Å²) in [6.45, 7) is 4.10. The van der Waals surface area contributed by atoms with Crippen LogP contribution in [0.5, 0.6) is 0 Å². The van der Waals surface area contributed by atoms with Gasteiger partial charge in [-0.15, -0.1) is 0 Å². The van der Waals surface area contributed by atoms with Gasteiger partial charge in [-0.3, -0.25) is 4.72 Å². The summed E-state index contributed by atoms with van der Waals surface area (Å²) in [4.78, 5) is 13.4. The molecule has 0 radical (unpaired) electrons. The van der Waals surface area contributed by atoms with E-state index in [1.54, 1.807) is 26.0 Å². The Morgan fingerprint density at radius 1 is 1.35 bits per heavy atom. The van der Waals surface area contributed by atoms with Crippen LogP contribution in [0, 0.1) is 0 Å². The zero-order chi connectivity index (χ0) is 17.3. The lowest BCUT2D eigenvalue weighted by Crippen LogP contribution is -2.46. The Morgan fingerprint density at radius 3 is 2.61 bits per heavy atom. The molecule has 1 saturated heterocycles. The van der Waals surface area contributed by atoms with E-state index < -0.39 is 28.2 Å². The van der Waals surface area contributed by atoms with Gasteiger partial charge in [0.25, 0.3) is 0 Å². The highest BCUT2D eigenvalue weighted by Gasteiger charge is 2.38. The lowest BCUT2D eigenvalue weighted by Gasteiger charge is -2.36. The molecule has 0 saturated carbocycles. The molecule has 1 atom stereocenters. The highest BCUT2D eigenvalue weighted by molar-refractivity contribution is 7.87. The molecule has 0 bridgehead atoms. The van der Waals surface area contributed by atoms with Crippen molar-refractivity contribution in [1.82, 2.24) is 4.90 Å². The number of hydrogen-bond acceptors (Lipinski definition) is 3. The van der Waals surface area contributed by atoms with Crippen molar-refractivity contribution in [2.75, 3.05) is 11.3 Å². The minimum Gasteiger partial charge on any atom is -0.443 e. The van der Waals surface area contributed by atoms with Gasteiger partial charge in [0.2, 0.25) is 11.0 Å². The monoisotopic (exact) mass is 350 g/mol. The first kappa shape index (κ1) is 17.6. The van der Waals surface area contributed by atoms with Gasteiger partial charge in [0.05, 0.1) is 12.2 Å². The molecule has 0 spiro atoms. The number of amides is 1. The number of carbonyl (C=O) groups is 1. The molecule has 1 unspecified atom stereocenters. The first-order chi connectivity index (χ1) is 10.6. The number of carbonyl (C=O) groups excluding carboxylic acids is 1. The number of nitrogens with one attached hydrogen (secondary N) is 1. The van der Waals surface area contributed by atoms with Crippen molar-refractivity contribution in [2.24, 2.45) is 0 Å². The van der Waals surface area contributed by atoms with E-state index in [-0.39, 0.29) is 12.2 Å². The van der Waals surface area contributed by atoms with Crippen molar-refractivity contribution in [3.8, 4) is 0 Å². The minimum atomic E-state index is -4.86. The molecular weight excluding hydrogens is 333 g/mol. The summed E-state index contributed by atoms with van der Waals surface area (Å²) in [5.41, 5.74) is -4.91. The Morgan fingerprint density at radius 2 is 2.00 bits per heavy atom. The Labute approximate surface area is 134 Å². The fraction of sp³-hybridized carbons (Fsp3) is 0.500. The second-order valence-electron chi connectivity index (χ2n) is 5.77. The number of anilines is 1. The van der Waals surface area contributed by atoms with Gasteiger partial charge >= 0.3 is 11.6 Å².